The number of halogens is 1. The van der Waals surface area contributed by atoms with Gasteiger partial charge in [-0.15, -0.1) is 0 Å². The fraction of sp³-hybridized carbons (Fsp3) is 0.0769. The molecule has 0 saturated carbocycles. The molecule has 1 aromatic carbocycles. The van der Waals surface area contributed by atoms with Gasteiger partial charge < -0.3 is 9.67 Å². The van der Waals surface area contributed by atoms with Crippen LogP contribution in [0.15, 0.2) is 41.1 Å². The van der Waals surface area contributed by atoms with Gasteiger partial charge in [0.1, 0.15) is 0 Å². The zero-order valence-corrected chi connectivity index (χ0v) is 10.9. The molecule has 0 spiro atoms. The van der Waals surface area contributed by atoms with Gasteiger partial charge in [-0.3, -0.25) is 0 Å². The molecule has 0 amide bonds. The smallest absolute Gasteiger partial charge is 0.337 e. The molecule has 0 unspecified atom stereocenters. The van der Waals surface area contributed by atoms with Crippen molar-refractivity contribution in [2.24, 2.45) is 0 Å². The third-order valence-corrected chi connectivity index (χ3v) is 3.18. The first kappa shape index (κ1) is 12.4. The van der Waals surface area contributed by atoms with Crippen molar-refractivity contribution in [3.63, 3.8) is 0 Å². The second kappa shape index (κ2) is 5.07. The molecule has 1 N–H and O–H groups in total. The predicted octanol–water partition coefficient (Wildman–Crippen LogP) is 2.87. The van der Waals surface area contributed by atoms with Crippen LogP contribution in [-0.2, 0) is 6.54 Å². The van der Waals surface area contributed by atoms with E-state index in [9.17, 15) is 4.79 Å². The van der Waals surface area contributed by atoms with Crippen LogP contribution in [0.5, 0.6) is 0 Å². The lowest BCUT2D eigenvalue weighted by atomic mass is 10.1. The van der Waals surface area contributed by atoms with Crippen molar-refractivity contribution in [2.75, 3.05) is 0 Å². The Morgan fingerprint density at radius 2 is 2.22 bits per heavy atom. The summed E-state index contributed by atoms with van der Waals surface area (Å²) in [5, 5.41) is 17.7. The number of benzene rings is 1. The first-order valence-electron chi connectivity index (χ1n) is 5.18. The summed E-state index contributed by atoms with van der Waals surface area (Å²) in [4.78, 5) is 10.8. The van der Waals surface area contributed by atoms with Gasteiger partial charge in [-0.05, 0) is 39.7 Å². The van der Waals surface area contributed by atoms with Crippen molar-refractivity contribution < 1.29 is 9.90 Å². The van der Waals surface area contributed by atoms with Gasteiger partial charge in [-0.25, -0.2) is 4.79 Å². The summed E-state index contributed by atoms with van der Waals surface area (Å²) in [5.41, 5.74) is 1.77. The molecule has 18 heavy (non-hydrogen) atoms. The number of hydrogen-bond donors (Lipinski definition) is 1. The van der Waals surface area contributed by atoms with Crippen LogP contribution in [0.3, 0.4) is 0 Å². The van der Waals surface area contributed by atoms with Crippen LogP contribution in [-0.4, -0.2) is 15.6 Å². The molecule has 0 bridgehead atoms. The minimum absolute atomic E-state index is 0.235. The highest BCUT2D eigenvalue weighted by molar-refractivity contribution is 9.10. The number of carbonyl (C=O) groups is 1. The van der Waals surface area contributed by atoms with Crippen LogP contribution < -0.4 is 0 Å². The van der Waals surface area contributed by atoms with E-state index in [1.54, 1.807) is 29.0 Å². The molecule has 2 aromatic rings. The summed E-state index contributed by atoms with van der Waals surface area (Å²) >= 11 is 3.31. The summed E-state index contributed by atoms with van der Waals surface area (Å²) in [6.07, 6.45) is 1.56. The molecule has 0 atom stereocenters. The third-order valence-electron chi connectivity index (χ3n) is 2.50. The highest BCUT2D eigenvalue weighted by Gasteiger charge is 2.09. The van der Waals surface area contributed by atoms with E-state index in [0.29, 0.717) is 16.7 Å². The maximum absolute atomic E-state index is 10.8. The summed E-state index contributed by atoms with van der Waals surface area (Å²) in [7, 11) is 0. The van der Waals surface area contributed by atoms with Crippen molar-refractivity contribution in [1.29, 1.82) is 5.26 Å². The second-order valence-electron chi connectivity index (χ2n) is 3.80. The van der Waals surface area contributed by atoms with Crippen molar-refractivity contribution in [3.05, 3.63) is 57.8 Å². The lowest BCUT2D eigenvalue weighted by molar-refractivity contribution is 0.0697. The molecule has 1 aromatic heterocycles. The highest BCUT2D eigenvalue weighted by Crippen LogP contribution is 2.17. The Labute approximate surface area is 112 Å². The minimum Gasteiger partial charge on any atom is -0.478 e. The minimum atomic E-state index is -0.958. The molecule has 5 heteroatoms. The second-order valence-corrected chi connectivity index (χ2v) is 4.61. The van der Waals surface area contributed by atoms with E-state index in [-0.39, 0.29) is 5.56 Å². The Morgan fingerprint density at radius 3 is 2.83 bits per heavy atom. The Morgan fingerprint density at radius 1 is 1.44 bits per heavy atom. The quantitative estimate of drug-likeness (QED) is 0.948. The standard InChI is InChI=1S/C13H9BrN2O2/c14-12-5-11(13(17)18)8-16(12)7-10-3-1-2-9(4-10)6-15/h1-5,8H,7H2,(H,17,18). The van der Waals surface area contributed by atoms with Gasteiger partial charge in [0.05, 0.1) is 21.8 Å². The third kappa shape index (κ3) is 2.60. The lowest BCUT2D eigenvalue weighted by Crippen LogP contribution is -1.99. The average Bonchev–Trinajstić information content (AvgIpc) is 2.71. The van der Waals surface area contributed by atoms with Gasteiger partial charge in [-0.2, -0.15) is 5.26 Å². The molecular weight excluding hydrogens is 296 g/mol. The Hall–Kier alpha value is -2.06. The monoisotopic (exact) mass is 304 g/mol. The molecular formula is C13H9BrN2O2. The van der Waals surface area contributed by atoms with Gasteiger partial charge in [0.25, 0.3) is 0 Å². The number of carboxylic acids is 1. The predicted molar refractivity (Wildman–Crippen MR) is 69.4 cm³/mol. The van der Waals surface area contributed by atoms with Gasteiger partial charge >= 0.3 is 5.97 Å². The molecule has 0 aliphatic carbocycles. The van der Waals surface area contributed by atoms with Crippen molar-refractivity contribution in [2.45, 2.75) is 6.54 Å². The number of aromatic nitrogens is 1. The van der Waals surface area contributed by atoms with Crippen LogP contribution in [0, 0.1) is 11.3 Å². The van der Waals surface area contributed by atoms with Gasteiger partial charge in [0.15, 0.2) is 0 Å². The van der Waals surface area contributed by atoms with Crippen LogP contribution in [0.1, 0.15) is 21.5 Å². The zero-order chi connectivity index (χ0) is 13.1. The largest absolute Gasteiger partial charge is 0.478 e. The first-order chi connectivity index (χ1) is 8.60. The molecule has 4 nitrogen and oxygen atoms in total. The van der Waals surface area contributed by atoms with E-state index < -0.39 is 5.97 Å². The fourth-order valence-electron chi connectivity index (χ4n) is 1.65. The van der Waals surface area contributed by atoms with Gasteiger partial charge in [-0.1, -0.05) is 12.1 Å². The normalized spacial score (nSPS) is 10.0. The summed E-state index contributed by atoms with van der Waals surface area (Å²) in [6, 6.07) is 10.9. The van der Waals surface area contributed by atoms with E-state index in [1.165, 1.54) is 0 Å². The first-order valence-corrected chi connectivity index (χ1v) is 5.97. The maximum atomic E-state index is 10.8. The molecule has 0 aliphatic heterocycles. The summed E-state index contributed by atoms with van der Waals surface area (Å²) in [6.45, 7) is 0.517. The van der Waals surface area contributed by atoms with Crippen LogP contribution >= 0.6 is 15.9 Å². The SMILES string of the molecule is N#Cc1cccc(Cn2cc(C(=O)O)cc2Br)c1. The van der Waals surface area contributed by atoms with Crippen LogP contribution in [0.4, 0.5) is 0 Å². The average molecular weight is 305 g/mol. The van der Waals surface area contributed by atoms with Crippen LogP contribution in [0.2, 0.25) is 0 Å². The Bertz CT molecular complexity index is 641. The van der Waals surface area contributed by atoms with E-state index in [4.69, 9.17) is 10.4 Å². The van der Waals surface area contributed by atoms with E-state index in [2.05, 4.69) is 22.0 Å². The lowest BCUT2D eigenvalue weighted by Gasteiger charge is -2.05. The van der Waals surface area contributed by atoms with Gasteiger partial charge in [0, 0.05) is 12.7 Å². The Kier molecular flexibility index (Phi) is 3.49. The number of carboxylic acid groups (broad SMARTS) is 1. The van der Waals surface area contributed by atoms with Crippen molar-refractivity contribution >= 4 is 21.9 Å². The summed E-state index contributed by atoms with van der Waals surface area (Å²) in [5.74, 6) is -0.958. The maximum Gasteiger partial charge on any atom is 0.337 e. The highest BCUT2D eigenvalue weighted by atomic mass is 79.9. The molecule has 0 fully saturated rings. The molecule has 0 aliphatic rings. The van der Waals surface area contributed by atoms with E-state index >= 15 is 0 Å². The zero-order valence-electron chi connectivity index (χ0n) is 9.30. The van der Waals surface area contributed by atoms with E-state index in [0.717, 1.165) is 5.56 Å². The van der Waals surface area contributed by atoms with Crippen molar-refractivity contribution in [3.8, 4) is 6.07 Å². The number of nitriles is 1. The van der Waals surface area contributed by atoms with Crippen LogP contribution in [0.25, 0.3) is 0 Å². The van der Waals surface area contributed by atoms with E-state index in [1.807, 2.05) is 12.1 Å². The number of aromatic carboxylic acids is 1. The molecule has 0 saturated heterocycles. The number of hydrogen-bond acceptors (Lipinski definition) is 2. The molecule has 2 rings (SSSR count). The van der Waals surface area contributed by atoms with Crippen molar-refractivity contribution in [1.82, 2.24) is 4.57 Å². The molecule has 1 heterocycles. The van der Waals surface area contributed by atoms with Gasteiger partial charge in [0.2, 0.25) is 0 Å². The number of rotatable bonds is 3. The molecule has 90 valence electrons. The summed E-state index contributed by atoms with van der Waals surface area (Å²) < 4.78 is 2.47. The Balaban J connectivity index is 2.28. The number of nitrogens with zero attached hydrogens (tertiary/aromatic N) is 2. The molecule has 0 radical (unpaired) electrons. The topological polar surface area (TPSA) is 66.0 Å². The fourth-order valence-corrected chi connectivity index (χ4v) is 2.13.